The molecule has 2 aromatic carbocycles. The van der Waals surface area contributed by atoms with Crippen LogP contribution in [0.2, 0.25) is 0 Å². The fourth-order valence-corrected chi connectivity index (χ4v) is 7.73. The van der Waals surface area contributed by atoms with Gasteiger partial charge in [0.1, 0.15) is 5.82 Å². The van der Waals surface area contributed by atoms with Crippen molar-refractivity contribution < 1.29 is 9.18 Å². The van der Waals surface area contributed by atoms with Crippen molar-refractivity contribution in [3.05, 3.63) is 88.0 Å². The summed E-state index contributed by atoms with van der Waals surface area (Å²) >= 11 is 0. The Morgan fingerprint density at radius 3 is 2.30 bits per heavy atom. The monoisotopic (exact) mass is 494 g/mol. The van der Waals surface area contributed by atoms with Crippen LogP contribution in [-0.4, -0.2) is 16.7 Å². The van der Waals surface area contributed by atoms with Gasteiger partial charge in [-0.05, 0) is 118 Å². The Morgan fingerprint density at radius 1 is 1.05 bits per heavy atom. The van der Waals surface area contributed by atoms with E-state index in [0.717, 1.165) is 46.5 Å². The molecule has 4 bridgehead atoms. The second kappa shape index (κ2) is 8.99. The van der Waals surface area contributed by atoms with Crippen molar-refractivity contribution in [3.8, 4) is 11.8 Å². The zero-order valence-corrected chi connectivity index (χ0v) is 21.3. The molecule has 6 heteroatoms. The molecule has 3 aromatic rings. The minimum atomic E-state index is -0.748. The first-order chi connectivity index (χ1) is 17.8. The van der Waals surface area contributed by atoms with Gasteiger partial charge >= 0.3 is 0 Å². The largest absolute Gasteiger partial charge is 0.318 e. The van der Waals surface area contributed by atoms with Crippen molar-refractivity contribution in [2.45, 2.75) is 57.8 Å². The molecular formula is C31H31FN4O. The fraction of sp³-hybridized carbons (Fsp3) is 0.387. The molecule has 1 heterocycles. The van der Waals surface area contributed by atoms with Gasteiger partial charge < -0.3 is 4.57 Å². The Morgan fingerprint density at radius 2 is 1.70 bits per heavy atom. The molecule has 0 spiro atoms. The van der Waals surface area contributed by atoms with E-state index in [1.54, 1.807) is 6.21 Å². The first-order valence-corrected chi connectivity index (χ1v) is 13.2. The second-order valence-corrected chi connectivity index (χ2v) is 11.4. The Balaban J connectivity index is 1.19. The van der Waals surface area contributed by atoms with Gasteiger partial charge in [-0.1, -0.05) is 12.1 Å². The number of hydrogen-bond donors (Lipinski definition) is 1. The molecule has 188 valence electrons. The summed E-state index contributed by atoms with van der Waals surface area (Å²) < 4.78 is 16.3. The summed E-state index contributed by atoms with van der Waals surface area (Å²) in [5, 5.41) is 12.9. The molecule has 1 N–H and O–H groups in total. The summed E-state index contributed by atoms with van der Waals surface area (Å²) in [6, 6.07) is 16.8. The van der Waals surface area contributed by atoms with Crippen LogP contribution in [0.1, 0.15) is 77.0 Å². The zero-order chi connectivity index (χ0) is 25.7. The molecule has 0 unspecified atom stereocenters. The van der Waals surface area contributed by atoms with Gasteiger partial charge in [0.2, 0.25) is 0 Å². The van der Waals surface area contributed by atoms with E-state index in [4.69, 9.17) is 5.26 Å². The van der Waals surface area contributed by atoms with Gasteiger partial charge in [-0.3, -0.25) is 4.79 Å². The van der Waals surface area contributed by atoms with Crippen molar-refractivity contribution in [1.82, 2.24) is 9.99 Å². The second-order valence-electron chi connectivity index (χ2n) is 11.4. The maximum absolute atomic E-state index is 14.1. The minimum absolute atomic E-state index is 0.152. The first kappa shape index (κ1) is 23.7. The standard InChI is InChI=1S/C31H31FN4O/c1-19-9-25(18-34-35-30(37)28-8-3-21(17-33)13-29(28)32)20(2)36(19)27-6-4-26(5-7-27)31-14-22-10-23(15-31)12-24(11-22)16-31/h3-9,13,18,22-24H,10-12,14-16H2,1-2H3,(H,35,37)/b34-18-. The number of aromatic nitrogens is 1. The molecule has 0 aliphatic heterocycles. The van der Waals surface area contributed by atoms with Crippen LogP contribution in [-0.2, 0) is 5.41 Å². The number of rotatable bonds is 5. The molecule has 0 radical (unpaired) electrons. The van der Waals surface area contributed by atoms with Gasteiger partial charge in [-0.2, -0.15) is 10.4 Å². The van der Waals surface area contributed by atoms with Crippen molar-refractivity contribution in [1.29, 1.82) is 5.26 Å². The van der Waals surface area contributed by atoms with Crippen LogP contribution in [0.5, 0.6) is 0 Å². The van der Waals surface area contributed by atoms with E-state index in [9.17, 15) is 9.18 Å². The lowest BCUT2D eigenvalue weighted by molar-refractivity contribution is -0.00518. The summed E-state index contributed by atoms with van der Waals surface area (Å²) in [5.41, 5.74) is 8.39. The summed E-state index contributed by atoms with van der Waals surface area (Å²) in [6.07, 6.45) is 10.0. The van der Waals surface area contributed by atoms with Crippen LogP contribution in [0, 0.1) is 48.7 Å². The smallest absolute Gasteiger partial charge is 0.274 e. The van der Waals surface area contributed by atoms with E-state index in [1.165, 1.54) is 56.2 Å². The van der Waals surface area contributed by atoms with Gasteiger partial charge in [0, 0.05) is 22.6 Å². The molecule has 5 nitrogen and oxygen atoms in total. The van der Waals surface area contributed by atoms with Crippen LogP contribution >= 0.6 is 0 Å². The average molecular weight is 495 g/mol. The van der Waals surface area contributed by atoms with E-state index in [2.05, 4.69) is 46.3 Å². The summed E-state index contributed by atoms with van der Waals surface area (Å²) in [6.45, 7) is 4.09. The number of benzene rings is 2. The number of aryl methyl sites for hydroxylation is 1. The van der Waals surface area contributed by atoms with E-state index in [-0.39, 0.29) is 11.1 Å². The SMILES string of the molecule is Cc1cc(/C=N\NC(=O)c2ccc(C#N)cc2F)c(C)n1-c1ccc(C23CC4CC(CC(C4)C2)C3)cc1. The number of halogens is 1. The number of amides is 1. The third kappa shape index (κ3) is 4.17. The van der Waals surface area contributed by atoms with Gasteiger partial charge in [-0.25, -0.2) is 9.82 Å². The molecule has 0 saturated heterocycles. The topological polar surface area (TPSA) is 70.2 Å². The maximum Gasteiger partial charge on any atom is 0.274 e. The average Bonchev–Trinajstić information content (AvgIpc) is 3.15. The molecule has 7 rings (SSSR count). The molecule has 4 aliphatic rings. The molecule has 4 fully saturated rings. The number of carbonyl (C=O) groups is 1. The number of nitrogens with one attached hydrogen (secondary N) is 1. The predicted octanol–water partition coefficient (Wildman–Crippen LogP) is 6.34. The number of carbonyl (C=O) groups excluding carboxylic acids is 1. The molecule has 37 heavy (non-hydrogen) atoms. The van der Waals surface area contributed by atoms with E-state index in [1.807, 2.05) is 19.1 Å². The lowest BCUT2D eigenvalue weighted by Crippen LogP contribution is -2.48. The first-order valence-electron chi connectivity index (χ1n) is 13.2. The highest BCUT2D eigenvalue weighted by atomic mass is 19.1. The van der Waals surface area contributed by atoms with Gasteiger partial charge in [0.05, 0.1) is 23.4 Å². The highest BCUT2D eigenvalue weighted by Crippen LogP contribution is 2.60. The van der Waals surface area contributed by atoms with Gasteiger partial charge in [-0.15, -0.1) is 0 Å². The lowest BCUT2D eigenvalue weighted by Gasteiger charge is -2.57. The molecule has 4 aliphatic carbocycles. The summed E-state index contributed by atoms with van der Waals surface area (Å²) in [5.74, 6) is 1.37. The van der Waals surface area contributed by atoms with E-state index in [0.29, 0.717) is 5.41 Å². The van der Waals surface area contributed by atoms with Gasteiger partial charge in [0.15, 0.2) is 0 Å². The van der Waals surface area contributed by atoms with Crippen LogP contribution in [0.25, 0.3) is 5.69 Å². The summed E-state index contributed by atoms with van der Waals surface area (Å²) in [4.78, 5) is 12.3. The Labute approximate surface area is 217 Å². The molecule has 1 aromatic heterocycles. The number of nitriles is 1. The lowest BCUT2D eigenvalue weighted by atomic mass is 9.48. The van der Waals surface area contributed by atoms with E-state index < -0.39 is 11.7 Å². The minimum Gasteiger partial charge on any atom is -0.318 e. The fourth-order valence-electron chi connectivity index (χ4n) is 7.73. The quantitative estimate of drug-likeness (QED) is 0.332. The molecular weight excluding hydrogens is 463 g/mol. The normalized spacial score (nSPS) is 25.9. The van der Waals surface area contributed by atoms with Crippen molar-refractivity contribution in [2.75, 3.05) is 0 Å². The third-order valence-electron chi connectivity index (χ3n) is 8.96. The summed E-state index contributed by atoms with van der Waals surface area (Å²) in [7, 11) is 0. The third-order valence-corrected chi connectivity index (χ3v) is 8.96. The predicted molar refractivity (Wildman–Crippen MR) is 141 cm³/mol. The highest BCUT2D eigenvalue weighted by Gasteiger charge is 2.51. The van der Waals surface area contributed by atoms with Crippen LogP contribution < -0.4 is 5.43 Å². The molecule has 1 amide bonds. The number of hydrazone groups is 1. The van der Waals surface area contributed by atoms with Crippen molar-refractivity contribution in [3.63, 3.8) is 0 Å². The van der Waals surface area contributed by atoms with Crippen molar-refractivity contribution >= 4 is 12.1 Å². The van der Waals surface area contributed by atoms with Crippen LogP contribution in [0.4, 0.5) is 4.39 Å². The van der Waals surface area contributed by atoms with Gasteiger partial charge in [0.25, 0.3) is 5.91 Å². The highest BCUT2D eigenvalue weighted by molar-refractivity contribution is 5.95. The number of nitrogens with zero attached hydrogens (tertiary/aromatic N) is 3. The van der Waals surface area contributed by atoms with Crippen LogP contribution in [0.15, 0.2) is 53.6 Å². The van der Waals surface area contributed by atoms with Crippen molar-refractivity contribution in [2.24, 2.45) is 22.9 Å². The number of hydrogen-bond acceptors (Lipinski definition) is 3. The molecule has 4 saturated carbocycles. The Kier molecular flexibility index (Phi) is 5.75. The molecule has 0 atom stereocenters. The Bertz CT molecular complexity index is 1410. The Hall–Kier alpha value is -3.72. The zero-order valence-electron chi connectivity index (χ0n) is 21.3. The maximum atomic E-state index is 14.1. The van der Waals surface area contributed by atoms with E-state index >= 15 is 0 Å². The van der Waals surface area contributed by atoms with Crippen LogP contribution in [0.3, 0.4) is 0 Å².